The van der Waals surface area contributed by atoms with Crippen LogP contribution in [0.15, 0.2) is 0 Å². The Hall–Kier alpha value is -0.540. The monoisotopic (exact) mass is 311 g/mol. The van der Waals surface area contributed by atoms with Gasteiger partial charge in [0.1, 0.15) is 0 Å². The molecular weight excluding hydrogens is 282 g/mol. The first-order chi connectivity index (χ1) is 10.2. The van der Waals surface area contributed by atoms with Gasteiger partial charge >= 0.3 is 0 Å². The number of aromatic nitrogens is 2. The zero-order chi connectivity index (χ0) is 15.2. The van der Waals surface area contributed by atoms with Crippen molar-refractivity contribution in [2.75, 3.05) is 7.05 Å². The number of rotatable bonds is 5. The fraction of sp³-hybridized carbons (Fsp3) is 0.824. The Morgan fingerprint density at radius 1 is 1.24 bits per heavy atom. The number of halogens is 1. The Morgan fingerprint density at radius 3 is 2.38 bits per heavy atom. The fourth-order valence-corrected chi connectivity index (χ4v) is 4.02. The molecule has 0 amide bonds. The van der Waals surface area contributed by atoms with Crippen molar-refractivity contribution in [2.24, 2.45) is 13.0 Å². The van der Waals surface area contributed by atoms with Gasteiger partial charge in [0, 0.05) is 19.5 Å². The van der Waals surface area contributed by atoms with E-state index in [2.05, 4.69) is 24.4 Å². The molecule has 1 heterocycles. The van der Waals surface area contributed by atoms with E-state index in [0.29, 0.717) is 6.04 Å². The Labute approximate surface area is 134 Å². The predicted octanol–water partition coefficient (Wildman–Crippen LogP) is 4.13. The number of likely N-dealkylation sites (N-methyl/N-ethyl adjacent to an activating group) is 1. The molecule has 1 aromatic rings. The summed E-state index contributed by atoms with van der Waals surface area (Å²) in [6, 6.07) is 0.515. The van der Waals surface area contributed by atoms with Crippen LogP contribution >= 0.6 is 11.6 Å². The fourth-order valence-electron chi connectivity index (χ4n) is 3.64. The predicted molar refractivity (Wildman–Crippen MR) is 90.0 cm³/mol. The van der Waals surface area contributed by atoms with Crippen LogP contribution in [0.1, 0.15) is 63.3 Å². The second-order valence-corrected chi connectivity index (χ2v) is 6.77. The number of hydrogen-bond acceptors (Lipinski definition) is 2. The highest BCUT2D eigenvalue weighted by Gasteiger charge is 2.24. The first kappa shape index (κ1) is 16.8. The van der Waals surface area contributed by atoms with E-state index in [-0.39, 0.29) is 0 Å². The SMILES string of the molecule is CCc1nn(C)c(CC(NC)C2CCCCCCC2)c1Cl. The number of aryl methyl sites for hydroxylation is 2. The van der Waals surface area contributed by atoms with Crippen molar-refractivity contribution < 1.29 is 0 Å². The van der Waals surface area contributed by atoms with E-state index in [9.17, 15) is 0 Å². The number of hydrogen-bond donors (Lipinski definition) is 1. The molecule has 1 aliphatic carbocycles. The third-order valence-corrected chi connectivity index (χ3v) is 5.44. The molecule has 1 N–H and O–H groups in total. The lowest BCUT2D eigenvalue weighted by molar-refractivity contribution is 0.291. The maximum Gasteiger partial charge on any atom is 0.0850 e. The van der Waals surface area contributed by atoms with Crippen molar-refractivity contribution in [1.29, 1.82) is 0 Å². The Kier molecular flexibility index (Phi) is 6.56. The molecule has 1 unspecified atom stereocenters. The van der Waals surface area contributed by atoms with Gasteiger partial charge in [-0.3, -0.25) is 4.68 Å². The maximum absolute atomic E-state index is 6.52. The van der Waals surface area contributed by atoms with Crippen molar-refractivity contribution in [2.45, 2.75) is 70.8 Å². The highest BCUT2D eigenvalue weighted by Crippen LogP contribution is 2.29. The standard InChI is InChI=1S/C17H30ClN3/c1-4-14-17(18)16(21(3)20-14)12-15(19-2)13-10-8-6-5-7-9-11-13/h13,15,19H,4-12H2,1-3H3. The minimum Gasteiger partial charge on any atom is -0.316 e. The summed E-state index contributed by atoms with van der Waals surface area (Å²) in [6.45, 7) is 2.11. The summed E-state index contributed by atoms with van der Waals surface area (Å²) in [7, 11) is 4.11. The second kappa shape index (κ2) is 8.19. The molecule has 1 aromatic heterocycles. The summed E-state index contributed by atoms with van der Waals surface area (Å²) < 4.78 is 1.98. The molecule has 0 saturated heterocycles. The Bertz CT molecular complexity index is 433. The van der Waals surface area contributed by atoms with E-state index in [1.54, 1.807) is 0 Å². The molecule has 21 heavy (non-hydrogen) atoms. The zero-order valence-electron chi connectivity index (χ0n) is 13.8. The van der Waals surface area contributed by atoms with Crippen LogP contribution in [-0.4, -0.2) is 22.9 Å². The van der Waals surface area contributed by atoms with Gasteiger partial charge in [-0.25, -0.2) is 0 Å². The Morgan fingerprint density at radius 2 is 1.86 bits per heavy atom. The zero-order valence-corrected chi connectivity index (χ0v) is 14.5. The highest BCUT2D eigenvalue weighted by atomic mass is 35.5. The van der Waals surface area contributed by atoms with Crippen LogP contribution in [0, 0.1) is 5.92 Å². The van der Waals surface area contributed by atoms with Crippen LogP contribution in [0.3, 0.4) is 0 Å². The van der Waals surface area contributed by atoms with Crippen molar-refractivity contribution >= 4 is 11.6 Å². The molecular formula is C17H30ClN3. The summed E-state index contributed by atoms with van der Waals surface area (Å²) in [5.41, 5.74) is 2.22. The van der Waals surface area contributed by atoms with E-state index in [1.807, 2.05) is 11.7 Å². The first-order valence-corrected chi connectivity index (χ1v) is 8.92. The van der Waals surface area contributed by atoms with Gasteiger partial charge in [0.2, 0.25) is 0 Å². The van der Waals surface area contributed by atoms with Crippen LogP contribution in [0.2, 0.25) is 5.02 Å². The molecule has 1 atom stereocenters. The third-order valence-electron chi connectivity index (χ3n) is 5.01. The maximum atomic E-state index is 6.52. The van der Waals surface area contributed by atoms with Gasteiger partial charge in [0.25, 0.3) is 0 Å². The molecule has 1 aliphatic rings. The molecule has 1 saturated carbocycles. The molecule has 2 rings (SSSR count). The lowest BCUT2D eigenvalue weighted by Crippen LogP contribution is -2.36. The minimum absolute atomic E-state index is 0.515. The van der Waals surface area contributed by atoms with Crippen molar-refractivity contribution in [3.05, 3.63) is 16.4 Å². The third kappa shape index (κ3) is 4.23. The normalized spacial score (nSPS) is 19.2. The quantitative estimate of drug-likeness (QED) is 0.886. The molecule has 0 aliphatic heterocycles. The van der Waals surface area contributed by atoms with E-state index >= 15 is 0 Å². The molecule has 0 spiro atoms. The van der Waals surface area contributed by atoms with E-state index in [0.717, 1.165) is 29.5 Å². The first-order valence-electron chi connectivity index (χ1n) is 8.54. The summed E-state index contributed by atoms with van der Waals surface area (Å²) in [6.07, 6.45) is 11.6. The molecule has 3 nitrogen and oxygen atoms in total. The van der Waals surface area contributed by atoms with Gasteiger partial charge in [-0.05, 0) is 32.2 Å². The van der Waals surface area contributed by atoms with Crippen LogP contribution in [0.5, 0.6) is 0 Å². The highest BCUT2D eigenvalue weighted by molar-refractivity contribution is 6.31. The van der Waals surface area contributed by atoms with E-state index < -0.39 is 0 Å². The summed E-state index contributed by atoms with van der Waals surface area (Å²) >= 11 is 6.52. The summed E-state index contributed by atoms with van der Waals surface area (Å²) in [5.74, 6) is 0.770. The number of nitrogens with one attached hydrogen (secondary N) is 1. The number of nitrogens with zero attached hydrogens (tertiary/aromatic N) is 2. The topological polar surface area (TPSA) is 29.9 Å². The second-order valence-electron chi connectivity index (χ2n) is 6.39. The van der Waals surface area contributed by atoms with Crippen molar-refractivity contribution in [3.8, 4) is 0 Å². The summed E-state index contributed by atoms with van der Waals surface area (Å²) in [4.78, 5) is 0. The Balaban J connectivity index is 2.08. The largest absolute Gasteiger partial charge is 0.316 e. The van der Waals surface area contributed by atoms with Crippen LogP contribution in [-0.2, 0) is 19.9 Å². The molecule has 4 heteroatoms. The molecule has 0 bridgehead atoms. The smallest absolute Gasteiger partial charge is 0.0850 e. The van der Waals surface area contributed by atoms with Crippen LogP contribution < -0.4 is 5.32 Å². The van der Waals surface area contributed by atoms with Gasteiger partial charge in [0.05, 0.1) is 16.4 Å². The lowest BCUT2D eigenvalue weighted by Gasteiger charge is -2.28. The van der Waals surface area contributed by atoms with Gasteiger partial charge in [-0.15, -0.1) is 0 Å². The van der Waals surface area contributed by atoms with Crippen molar-refractivity contribution in [1.82, 2.24) is 15.1 Å². The van der Waals surface area contributed by atoms with Crippen LogP contribution in [0.25, 0.3) is 0 Å². The molecule has 0 radical (unpaired) electrons. The minimum atomic E-state index is 0.515. The molecule has 1 fully saturated rings. The average molecular weight is 312 g/mol. The van der Waals surface area contributed by atoms with Gasteiger partial charge < -0.3 is 5.32 Å². The summed E-state index contributed by atoms with van der Waals surface area (Å²) in [5, 5.41) is 8.98. The van der Waals surface area contributed by atoms with E-state index in [1.165, 1.54) is 50.6 Å². The van der Waals surface area contributed by atoms with Gasteiger partial charge in [-0.2, -0.15) is 5.10 Å². The van der Waals surface area contributed by atoms with Crippen molar-refractivity contribution in [3.63, 3.8) is 0 Å². The van der Waals surface area contributed by atoms with Crippen LogP contribution in [0.4, 0.5) is 0 Å². The van der Waals surface area contributed by atoms with E-state index in [4.69, 9.17) is 11.6 Å². The average Bonchev–Trinajstić information content (AvgIpc) is 2.72. The van der Waals surface area contributed by atoms with Gasteiger partial charge in [-0.1, -0.05) is 50.6 Å². The molecule has 0 aromatic carbocycles. The van der Waals surface area contributed by atoms with Gasteiger partial charge in [0.15, 0.2) is 0 Å². The molecule has 120 valence electrons. The lowest BCUT2D eigenvalue weighted by atomic mass is 9.84.